The molecular formula is C30H35ClO3. The molecule has 34 heavy (non-hydrogen) atoms. The van der Waals surface area contributed by atoms with E-state index in [1.807, 2.05) is 52.0 Å². The lowest BCUT2D eigenvalue weighted by atomic mass is 9.86. The third kappa shape index (κ3) is 5.64. The summed E-state index contributed by atoms with van der Waals surface area (Å²) in [5.74, 6) is -0.151. The molecule has 1 saturated carbocycles. The summed E-state index contributed by atoms with van der Waals surface area (Å²) in [5, 5.41) is 13.0. The first-order valence-corrected chi connectivity index (χ1v) is 12.7. The van der Waals surface area contributed by atoms with Crippen molar-refractivity contribution in [1.82, 2.24) is 0 Å². The van der Waals surface area contributed by atoms with Gasteiger partial charge in [-0.15, -0.1) is 0 Å². The summed E-state index contributed by atoms with van der Waals surface area (Å²) >= 11 is 6.20. The predicted octanol–water partition coefficient (Wildman–Crippen LogP) is 8.53. The molecule has 1 fully saturated rings. The summed E-state index contributed by atoms with van der Waals surface area (Å²) < 4.78 is 6.12. The second kappa shape index (κ2) is 10.1. The van der Waals surface area contributed by atoms with Gasteiger partial charge >= 0.3 is 5.97 Å². The Kier molecular flexibility index (Phi) is 7.35. The second-order valence-corrected chi connectivity index (χ2v) is 11.1. The summed E-state index contributed by atoms with van der Waals surface area (Å²) in [4.78, 5) is 12.5. The minimum atomic E-state index is -1.07. The molecule has 1 aliphatic rings. The molecule has 1 N–H and O–H groups in total. The van der Waals surface area contributed by atoms with E-state index in [0.29, 0.717) is 10.6 Å². The molecular weight excluding hydrogens is 444 g/mol. The Bertz CT molecular complexity index is 1170. The van der Waals surface area contributed by atoms with Crippen LogP contribution in [0.1, 0.15) is 75.7 Å². The first-order chi connectivity index (χ1) is 16.1. The van der Waals surface area contributed by atoms with E-state index in [-0.39, 0.29) is 0 Å². The van der Waals surface area contributed by atoms with Gasteiger partial charge in [-0.1, -0.05) is 73.7 Å². The molecule has 3 nitrogen and oxygen atoms in total. The van der Waals surface area contributed by atoms with Gasteiger partial charge in [0.15, 0.2) is 6.10 Å². The first-order valence-electron chi connectivity index (χ1n) is 12.3. The number of fused-ring (bicyclic) bond motifs is 1. The lowest BCUT2D eigenvalue weighted by Crippen LogP contribution is -2.28. The number of rotatable bonds is 7. The van der Waals surface area contributed by atoms with Crippen molar-refractivity contribution in [2.24, 2.45) is 5.92 Å². The Morgan fingerprint density at radius 2 is 1.76 bits per heavy atom. The third-order valence-electron chi connectivity index (χ3n) is 6.86. The highest BCUT2D eigenvalue weighted by atomic mass is 35.5. The van der Waals surface area contributed by atoms with Gasteiger partial charge in [-0.3, -0.25) is 0 Å². The molecule has 0 spiro atoms. The van der Waals surface area contributed by atoms with E-state index in [9.17, 15) is 9.90 Å². The van der Waals surface area contributed by atoms with E-state index in [1.165, 1.54) is 37.7 Å². The Hall–Kier alpha value is -2.36. The maximum absolute atomic E-state index is 12.5. The van der Waals surface area contributed by atoms with Crippen LogP contribution >= 0.6 is 11.6 Å². The van der Waals surface area contributed by atoms with Gasteiger partial charge < -0.3 is 9.84 Å². The highest BCUT2D eigenvalue weighted by molar-refractivity contribution is 6.30. The van der Waals surface area contributed by atoms with Crippen LogP contribution in [0.2, 0.25) is 5.02 Å². The van der Waals surface area contributed by atoms with Crippen molar-refractivity contribution in [2.75, 3.05) is 0 Å². The van der Waals surface area contributed by atoms with Crippen molar-refractivity contribution in [3.63, 3.8) is 0 Å². The molecule has 0 aromatic heterocycles. The minimum absolute atomic E-state index is 0.606. The van der Waals surface area contributed by atoms with Crippen LogP contribution in [0.4, 0.5) is 0 Å². The number of carbonyl (C=O) groups is 1. The second-order valence-electron chi connectivity index (χ2n) is 10.7. The standard InChI is InChI=1S/C30H35ClO3/c1-19-17-23-12-11-21(10-9-20-7-5-6-8-20)18-25(23)27(22-13-15-24(31)16-14-22)26(19)28(29(32)33)34-30(2,3)4/h11-18,20,28H,5-10H2,1-4H3,(H,32,33). The fraction of sp³-hybridized carbons (Fsp3) is 0.433. The van der Waals surface area contributed by atoms with Gasteiger partial charge in [0.2, 0.25) is 0 Å². The smallest absolute Gasteiger partial charge is 0.337 e. The van der Waals surface area contributed by atoms with Gasteiger partial charge in [0.25, 0.3) is 0 Å². The van der Waals surface area contributed by atoms with E-state index in [4.69, 9.17) is 16.3 Å². The van der Waals surface area contributed by atoms with E-state index in [1.54, 1.807) is 0 Å². The van der Waals surface area contributed by atoms with E-state index in [0.717, 1.165) is 39.8 Å². The Labute approximate surface area is 208 Å². The van der Waals surface area contributed by atoms with Crippen LogP contribution in [-0.2, 0) is 16.0 Å². The Morgan fingerprint density at radius 3 is 2.38 bits per heavy atom. The average molecular weight is 479 g/mol. The number of halogens is 1. The number of hydrogen-bond acceptors (Lipinski definition) is 2. The van der Waals surface area contributed by atoms with Crippen molar-refractivity contribution < 1.29 is 14.6 Å². The molecule has 0 radical (unpaired) electrons. The van der Waals surface area contributed by atoms with Crippen molar-refractivity contribution in [1.29, 1.82) is 0 Å². The monoisotopic (exact) mass is 478 g/mol. The van der Waals surface area contributed by atoms with Crippen LogP contribution < -0.4 is 0 Å². The summed E-state index contributed by atoms with van der Waals surface area (Å²) in [6.45, 7) is 7.65. The number of ether oxygens (including phenoxy) is 1. The van der Waals surface area contributed by atoms with Crippen LogP contribution in [0, 0.1) is 12.8 Å². The molecule has 3 aromatic rings. The number of carboxylic acids is 1. The highest BCUT2D eigenvalue weighted by Crippen LogP contribution is 2.41. The van der Waals surface area contributed by atoms with Crippen molar-refractivity contribution in [3.8, 4) is 11.1 Å². The fourth-order valence-corrected chi connectivity index (χ4v) is 5.40. The molecule has 1 aliphatic carbocycles. The summed E-state index contributed by atoms with van der Waals surface area (Å²) in [6.07, 6.45) is 6.59. The molecule has 4 heteroatoms. The SMILES string of the molecule is Cc1cc2ccc(CCC3CCCC3)cc2c(-c2ccc(Cl)cc2)c1C(OC(C)(C)C)C(=O)O. The van der Waals surface area contributed by atoms with Crippen molar-refractivity contribution >= 4 is 28.3 Å². The number of aryl methyl sites for hydroxylation is 2. The van der Waals surface area contributed by atoms with Gasteiger partial charge in [0.1, 0.15) is 0 Å². The van der Waals surface area contributed by atoms with Crippen LogP contribution in [0.15, 0.2) is 48.5 Å². The molecule has 0 bridgehead atoms. The van der Waals surface area contributed by atoms with Gasteiger partial charge in [0.05, 0.1) is 5.60 Å². The average Bonchev–Trinajstić information content (AvgIpc) is 3.29. The maximum atomic E-state index is 12.5. The topological polar surface area (TPSA) is 46.5 Å². The summed E-state index contributed by atoms with van der Waals surface area (Å²) in [7, 11) is 0. The highest BCUT2D eigenvalue weighted by Gasteiger charge is 2.31. The van der Waals surface area contributed by atoms with Gasteiger partial charge in [-0.25, -0.2) is 4.79 Å². The lowest BCUT2D eigenvalue weighted by Gasteiger charge is -2.28. The molecule has 0 aliphatic heterocycles. The molecule has 4 rings (SSSR count). The maximum Gasteiger partial charge on any atom is 0.337 e. The number of benzene rings is 3. The molecule has 0 heterocycles. The van der Waals surface area contributed by atoms with Crippen molar-refractivity contribution in [3.05, 3.63) is 70.2 Å². The fourth-order valence-electron chi connectivity index (χ4n) is 5.28. The number of hydrogen-bond donors (Lipinski definition) is 1. The Balaban J connectivity index is 1.89. The van der Waals surface area contributed by atoms with Gasteiger partial charge in [-0.2, -0.15) is 0 Å². The lowest BCUT2D eigenvalue weighted by molar-refractivity contribution is -0.160. The molecule has 1 unspecified atom stereocenters. The molecule has 0 saturated heterocycles. The van der Waals surface area contributed by atoms with Crippen molar-refractivity contribution in [2.45, 2.75) is 77.9 Å². The largest absolute Gasteiger partial charge is 0.479 e. The molecule has 3 aromatic carbocycles. The normalized spacial score (nSPS) is 15.7. The number of aliphatic carboxylic acids is 1. The van der Waals surface area contributed by atoms with Crippen LogP contribution in [0.5, 0.6) is 0 Å². The van der Waals surface area contributed by atoms with Crippen LogP contribution in [-0.4, -0.2) is 16.7 Å². The molecule has 0 amide bonds. The predicted molar refractivity (Wildman–Crippen MR) is 141 cm³/mol. The third-order valence-corrected chi connectivity index (χ3v) is 7.11. The Morgan fingerprint density at radius 1 is 1.09 bits per heavy atom. The first kappa shape index (κ1) is 24.8. The zero-order valence-electron chi connectivity index (χ0n) is 20.7. The van der Waals surface area contributed by atoms with Crippen LogP contribution in [0.25, 0.3) is 21.9 Å². The zero-order valence-corrected chi connectivity index (χ0v) is 21.4. The van der Waals surface area contributed by atoms with E-state index < -0.39 is 17.7 Å². The van der Waals surface area contributed by atoms with Crippen LogP contribution in [0.3, 0.4) is 0 Å². The minimum Gasteiger partial charge on any atom is -0.479 e. The molecule has 1 atom stereocenters. The zero-order chi connectivity index (χ0) is 24.5. The van der Waals surface area contributed by atoms with E-state index >= 15 is 0 Å². The van der Waals surface area contributed by atoms with E-state index in [2.05, 4.69) is 24.3 Å². The summed E-state index contributed by atoms with van der Waals surface area (Å²) in [6, 6.07) is 16.4. The van der Waals surface area contributed by atoms with Gasteiger partial charge in [-0.05, 0) is 91.6 Å². The number of carboxylic acid groups (broad SMARTS) is 1. The summed E-state index contributed by atoms with van der Waals surface area (Å²) in [5.41, 5.74) is 4.19. The quantitative estimate of drug-likeness (QED) is 0.370. The molecule has 180 valence electrons. The van der Waals surface area contributed by atoms with Gasteiger partial charge in [0, 0.05) is 10.6 Å².